The van der Waals surface area contributed by atoms with Gasteiger partial charge in [-0.15, -0.1) is 0 Å². The second-order valence-electron chi connectivity index (χ2n) is 6.76. The lowest BCUT2D eigenvalue weighted by atomic mass is 9.99. The number of imidazole rings is 1. The molecule has 1 aromatic heterocycles. The van der Waals surface area contributed by atoms with Crippen LogP contribution in [-0.4, -0.2) is 34.6 Å². The van der Waals surface area contributed by atoms with Crippen molar-refractivity contribution in [3.63, 3.8) is 0 Å². The third kappa shape index (κ3) is 2.76. The highest BCUT2D eigenvalue weighted by atomic mass is 15.2. The molecule has 1 aliphatic heterocycles. The number of likely N-dealkylation sites (N-methyl/N-ethyl adjacent to an activating group) is 1. The predicted octanol–water partition coefficient (Wildman–Crippen LogP) is 4.40. The average molecular weight is 317 g/mol. The topological polar surface area (TPSA) is 21.1 Å². The highest BCUT2D eigenvalue weighted by Gasteiger charge is 2.23. The second kappa shape index (κ2) is 6.25. The molecule has 0 aliphatic carbocycles. The minimum atomic E-state index is 0.531. The first kappa shape index (κ1) is 15.2. The van der Waals surface area contributed by atoms with Gasteiger partial charge in [0.05, 0.1) is 0 Å². The second-order valence-corrected chi connectivity index (χ2v) is 6.76. The lowest BCUT2D eigenvalue weighted by molar-refractivity contribution is 0.393. The molecule has 1 atom stereocenters. The molecule has 0 saturated carbocycles. The molecule has 2 aromatic carbocycles. The summed E-state index contributed by atoms with van der Waals surface area (Å²) in [5.41, 5.74) is 5.05. The van der Waals surface area contributed by atoms with Crippen LogP contribution >= 0.6 is 0 Å². The van der Waals surface area contributed by atoms with E-state index >= 15 is 0 Å². The Balaban J connectivity index is 1.65. The van der Waals surface area contributed by atoms with Crippen LogP contribution in [0.4, 0.5) is 0 Å². The molecule has 1 aliphatic rings. The van der Waals surface area contributed by atoms with Crippen molar-refractivity contribution < 1.29 is 0 Å². The van der Waals surface area contributed by atoms with Gasteiger partial charge in [-0.05, 0) is 43.6 Å². The van der Waals surface area contributed by atoms with E-state index in [1.165, 1.54) is 28.7 Å². The Labute approximate surface area is 143 Å². The molecule has 3 nitrogen and oxygen atoms in total. The van der Waals surface area contributed by atoms with Crippen LogP contribution in [0.5, 0.6) is 0 Å². The maximum Gasteiger partial charge on any atom is 0.140 e. The summed E-state index contributed by atoms with van der Waals surface area (Å²) in [4.78, 5) is 7.01. The highest BCUT2D eigenvalue weighted by Crippen LogP contribution is 2.29. The molecular formula is C21H23N3. The zero-order chi connectivity index (χ0) is 16.5. The first-order chi connectivity index (χ1) is 11.7. The molecule has 0 spiro atoms. The van der Waals surface area contributed by atoms with E-state index in [0.29, 0.717) is 6.04 Å². The number of aromatic nitrogens is 2. The first-order valence-corrected chi connectivity index (χ1v) is 8.60. The Morgan fingerprint density at radius 2 is 1.75 bits per heavy atom. The molecule has 122 valence electrons. The molecule has 1 saturated heterocycles. The molecule has 0 N–H and O–H groups in total. The molecule has 0 radical (unpaired) electrons. The van der Waals surface area contributed by atoms with E-state index in [0.717, 1.165) is 18.9 Å². The summed E-state index contributed by atoms with van der Waals surface area (Å²) >= 11 is 0. The Morgan fingerprint density at radius 1 is 1.00 bits per heavy atom. The monoisotopic (exact) mass is 317 g/mol. The fraction of sp³-hybridized carbons (Fsp3) is 0.286. The van der Waals surface area contributed by atoms with E-state index in [-0.39, 0.29) is 0 Å². The maximum atomic E-state index is 4.62. The van der Waals surface area contributed by atoms with Crippen molar-refractivity contribution in [1.29, 1.82) is 0 Å². The lowest BCUT2D eigenvalue weighted by Gasteiger charge is -2.16. The lowest BCUT2D eigenvalue weighted by Crippen LogP contribution is -2.16. The van der Waals surface area contributed by atoms with Gasteiger partial charge in [-0.25, -0.2) is 4.98 Å². The molecule has 1 unspecified atom stereocenters. The zero-order valence-corrected chi connectivity index (χ0v) is 14.3. The zero-order valence-electron chi connectivity index (χ0n) is 14.3. The Bertz CT molecular complexity index is 832. The van der Waals surface area contributed by atoms with Crippen molar-refractivity contribution in [1.82, 2.24) is 14.5 Å². The minimum absolute atomic E-state index is 0.531. The van der Waals surface area contributed by atoms with Crippen LogP contribution in [-0.2, 0) is 0 Å². The molecule has 2 heterocycles. The van der Waals surface area contributed by atoms with E-state index in [1.54, 1.807) is 0 Å². The maximum absolute atomic E-state index is 4.62. The van der Waals surface area contributed by atoms with Crippen LogP contribution in [0.25, 0.3) is 22.5 Å². The van der Waals surface area contributed by atoms with Gasteiger partial charge in [0, 0.05) is 30.5 Å². The van der Waals surface area contributed by atoms with E-state index in [2.05, 4.69) is 83.2 Å². The molecule has 1 fully saturated rings. The quantitative estimate of drug-likeness (QED) is 0.714. The van der Waals surface area contributed by atoms with Crippen molar-refractivity contribution in [2.45, 2.75) is 19.4 Å². The van der Waals surface area contributed by atoms with Crippen molar-refractivity contribution in [3.05, 3.63) is 66.5 Å². The van der Waals surface area contributed by atoms with E-state index < -0.39 is 0 Å². The molecule has 4 rings (SSSR count). The van der Waals surface area contributed by atoms with Crippen LogP contribution in [0, 0.1) is 6.92 Å². The fourth-order valence-corrected chi connectivity index (χ4v) is 3.67. The number of aryl methyl sites for hydroxylation is 1. The predicted molar refractivity (Wildman–Crippen MR) is 99.0 cm³/mol. The van der Waals surface area contributed by atoms with Gasteiger partial charge in [0.25, 0.3) is 0 Å². The Morgan fingerprint density at radius 3 is 2.46 bits per heavy atom. The molecule has 24 heavy (non-hydrogen) atoms. The van der Waals surface area contributed by atoms with Gasteiger partial charge in [0.2, 0.25) is 0 Å². The van der Waals surface area contributed by atoms with E-state index in [9.17, 15) is 0 Å². The van der Waals surface area contributed by atoms with Gasteiger partial charge in [0.15, 0.2) is 0 Å². The molecule has 0 bridgehead atoms. The van der Waals surface area contributed by atoms with Gasteiger partial charge in [-0.3, -0.25) is 0 Å². The summed E-state index contributed by atoms with van der Waals surface area (Å²) in [6.45, 7) is 4.42. The standard InChI is InChI=1S/C21H23N3/c1-16-5-3-4-6-20(16)17-7-9-18(10-8-17)21-22-12-14-24(21)19-11-13-23(2)15-19/h3-10,12,14,19H,11,13,15H2,1-2H3. The highest BCUT2D eigenvalue weighted by molar-refractivity contribution is 5.70. The largest absolute Gasteiger partial charge is 0.327 e. The van der Waals surface area contributed by atoms with Crippen molar-refractivity contribution in [3.8, 4) is 22.5 Å². The number of nitrogens with zero attached hydrogens (tertiary/aromatic N) is 3. The molecule has 3 aromatic rings. The number of likely N-dealkylation sites (tertiary alicyclic amines) is 1. The van der Waals surface area contributed by atoms with Crippen LogP contribution in [0.1, 0.15) is 18.0 Å². The van der Waals surface area contributed by atoms with Crippen molar-refractivity contribution in [2.24, 2.45) is 0 Å². The summed E-state index contributed by atoms with van der Waals surface area (Å²) in [6, 6.07) is 17.9. The van der Waals surface area contributed by atoms with Crippen molar-refractivity contribution in [2.75, 3.05) is 20.1 Å². The van der Waals surface area contributed by atoms with E-state index in [4.69, 9.17) is 0 Å². The van der Waals surface area contributed by atoms with Gasteiger partial charge in [0.1, 0.15) is 5.82 Å². The third-order valence-corrected chi connectivity index (χ3v) is 5.03. The Kier molecular flexibility index (Phi) is 3.95. The molecule has 0 amide bonds. The van der Waals surface area contributed by atoms with Crippen LogP contribution in [0.15, 0.2) is 60.9 Å². The molecular weight excluding hydrogens is 294 g/mol. The SMILES string of the molecule is Cc1ccccc1-c1ccc(-c2nccn2C2CCN(C)C2)cc1. The smallest absolute Gasteiger partial charge is 0.140 e. The summed E-state index contributed by atoms with van der Waals surface area (Å²) in [5, 5.41) is 0. The number of benzene rings is 2. The Hall–Kier alpha value is -2.39. The average Bonchev–Trinajstić information content (AvgIpc) is 3.24. The van der Waals surface area contributed by atoms with Gasteiger partial charge < -0.3 is 9.47 Å². The number of hydrogen-bond donors (Lipinski definition) is 0. The molecule has 3 heteroatoms. The summed E-state index contributed by atoms with van der Waals surface area (Å²) in [7, 11) is 2.19. The normalized spacial score (nSPS) is 18.2. The summed E-state index contributed by atoms with van der Waals surface area (Å²) in [6.07, 6.45) is 5.23. The van der Waals surface area contributed by atoms with Crippen LogP contribution in [0.2, 0.25) is 0 Å². The third-order valence-electron chi connectivity index (χ3n) is 5.03. The number of rotatable bonds is 3. The first-order valence-electron chi connectivity index (χ1n) is 8.60. The minimum Gasteiger partial charge on any atom is -0.327 e. The van der Waals surface area contributed by atoms with Crippen molar-refractivity contribution >= 4 is 0 Å². The van der Waals surface area contributed by atoms with Crippen LogP contribution < -0.4 is 0 Å². The number of hydrogen-bond acceptors (Lipinski definition) is 2. The van der Waals surface area contributed by atoms with E-state index in [1.807, 2.05) is 6.20 Å². The van der Waals surface area contributed by atoms with Gasteiger partial charge in [-0.1, -0.05) is 48.5 Å². The van der Waals surface area contributed by atoms with Gasteiger partial charge in [-0.2, -0.15) is 0 Å². The summed E-state index contributed by atoms with van der Waals surface area (Å²) in [5.74, 6) is 1.08. The fourth-order valence-electron chi connectivity index (χ4n) is 3.67. The summed E-state index contributed by atoms with van der Waals surface area (Å²) < 4.78 is 2.34. The van der Waals surface area contributed by atoms with Crippen LogP contribution in [0.3, 0.4) is 0 Å². The van der Waals surface area contributed by atoms with Gasteiger partial charge >= 0.3 is 0 Å².